The summed E-state index contributed by atoms with van der Waals surface area (Å²) in [5, 5.41) is 17.2. The molecule has 0 aliphatic heterocycles. The molecule has 1 heterocycles. The number of hydrazone groups is 1. The van der Waals surface area contributed by atoms with Crippen molar-refractivity contribution < 1.29 is 4.74 Å². The SMILES string of the molecule is COc1c(I)cc(I)cc1/C=N\Nc1nn[nH]n1. The molecule has 0 aliphatic carbocycles. The zero-order chi connectivity index (χ0) is 13.0. The molecule has 9 heteroatoms. The highest BCUT2D eigenvalue weighted by Crippen LogP contribution is 2.26. The number of nitrogens with one attached hydrogen (secondary N) is 2. The summed E-state index contributed by atoms with van der Waals surface area (Å²) in [5.74, 6) is 1.10. The van der Waals surface area contributed by atoms with Gasteiger partial charge in [-0.1, -0.05) is 5.10 Å². The van der Waals surface area contributed by atoms with Crippen LogP contribution in [-0.4, -0.2) is 33.9 Å². The Morgan fingerprint density at radius 3 is 2.94 bits per heavy atom. The molecule has 0 unspecified atom stereocenters. The third kappa shape index (κ3) is 3.28. The molecule has 0 radical (unpaired) electrons. The quantitative estimate of drug-likeness (QED) is 0.405. The molecule has 1 aromatic heterocycles. The number of ether oxygens (including phenoxy) is 1. The first-order valence-corrected chi connectivity index (χ1v) is 6.92. The number of tetrazole rings is 1. The molecule has 1 aromatic carbocycles. The van der Waals surface area contributed by atoms with E-state index in [2.05, 4.69) is 76.3 Å². The molecule has 0 saturated heterocycles. The van der Waals surface area contributed by atoms with Gasteiger partial charge < -0.3 is 4.74 Å². The van der Waals surface area contributed by atoms with Crippen molar-refractivity contribution in [1.29, 1.82) is 0 Å². The van der Waals surface area contributed by atoms with Crippen molar-refractivity contribution in [2.24, 2.45) is 5.10 Å². The van der Waals surface area contributed by atoms with Gasteiger partial charge >= 0.3 is 0 Å². The third-order valence-corrected chi connectivity index (χ3v) is 3.38. The predicted octanol–water partition coefficient (Wildman–Crippen LogP) is 1.86. The predicted molar refractivity (Wildman–Crippen MR) is 83.8 cm³/mol. The average molecular weight is 470 g/mol. The summed E-state index contributed by atoms with van der Waals surface area (Å²) in [7, 11) is 1.63. The second-order valence-electron chi connectivity index (χ2n) is 3.12. The van der Waals surface area contributed by atoms with Crippen LogP contribution in [0.15, 0.2) is 17.2 Å². The van der Waals surface area contributed by atoms with Crippen molar-refractivity contribution in [3.8, 4) is 5.75 Å². The van der Waals surface area contributed by atoms with E-state index in [1.165, 1.54) is 0 Å². The molecular weight excluding hydrogens is 462 g/mol. The Morgan fingerprint density at radius 1 is 1.44 bits per heavy atom. The Balaban J connectivity index is 2.20. The van der Waals surface area contributed by atoms with Crippen molar-refractivity contribution in [3.63, 3.8) is 0 Å². The molecule has 7 nitrogen and oxygen atoms in total. The van der Waals surface area contributed by atoms with Gasteiger partial charge in [0.05, 0.1) is 16.9 Å². The fourth-order valence-corrected chi connectivity index (χ4v) is 3.37. The Kier molecular flexibility index (Phi) is 4.68. The largest absolute Gasteiger partial charge is 0.495 e. The zero-order valence-electron chi connectivity index (χ0n) is 9.19. The number of aromatic nitrogens is 4. The Hall–Kier alpha value is -0.980. The average Bonchev–Trinajstić information content (AvgIpc) is 2.81. The number of H-pyrrole nitrogens is 1. The molecule has 0 bridgehead atoms. The van der Waals surface area contributed by atoms with Crippen LogP contribution < -0.4 is 10.2 Å². The molecule has 0 fully saturated rings. The molecule has 94 valence electrons. The summed E-state index contributed by atoms with van der Waals surface area (Å²) in [4.78, 5) is 0. The minimum absolute atomic E-state index is 0.311. The van der Waals surface area contributed by atoms with Crippen molar-refractivity contribution in [2.75, 3.05) is 12.5 Å². The Bertz CT molecular complexity index is 556. The van der Waals surface area contributed by atoms with Crippen molar-refractivity contribution >= 4 is 57.3 Å². The number of rotatable bonds is 4. The van der Waals surface area contributed by atoms with Crippen LogP contribution in [0, 0.1) is 7.14 Å². The summed E-state index contributed by atoms with van der Waals surface area (Å²) >= 11 is 4.47. The van der Waals surface area contributed by atoms with Gasteiger partial charge in [0.25, 0.3) is 5.95 Å². The van der Waals surface area contributed by atoms with Crippen LogP contribution >= 0.6 is 45.2 Å². The fourth-order valence-electron chi connectivity index (χ4n) is 1.26. The van der Waals surface area contributed by atoms with Crippen LogP contribution in [0.5, 0.6) is 5.75 Å². The Labute approximate surface area is 130 Å². The summed E-state index contributed by atoms with van der Waals surface area (Å²) in [5.41, 5.74) is 3.54. The molecule has 0 amide bonds. The van der Waals surface area contributed by atoms with Crippen LogP contribution in [-0.2, 0) is 0 Å². The van der Waals surface area contributed by atoms with E-state index in [9.17, 15) is 0 Å². The third-order valence-electron chi connectivity index (χ3n) is 1.95. The van der Waals surface area contributed by atoms with Gasteiger partial charge in [0.15, 0.2) is 0 Å². The molecule has 2 N–H and O–H groups in total. The number of halogens is 2. The van der Waals surface area contributed by atoms with Crippen LogP contribution in [0.1, 0.15) is 5.56 Å². The first-order chi connectivity index (χ1) is 8.70. The highest BCUT2D eigenvalue weighted by atomic mass is 127. The maximum atomic E-state index is 5.34. The number of benzene rings is 1. The second-order valence-corrected chi connectivity index (χ2v) is 5.52. The highest BCUT2D eigenvalue weighted by Gasteiger charge is 2.07. The van der Waals surface area contributed by atoms with Gasteiger partial charge in [0.1, 0.15) is 5.75 Å². The maximum absolute atomic E-state index is 5.34. The summed E-state index contributed by atoms with van der Waals surface area (Å²) < 4.78 is 7.48. The monoisotopic (exact) mass is 470 g/mol. The second kappa shape index (κ2) is 6.26. The lowest BCUT2D eigenvalue weighted by atomic mass is 10.2. The molecular formula is C9H8I2N6O. The fraction of sp³-hybridized carbons (Fsp3) is 0.111. The number of hydrogen-bond acceptors (Lipinski definition) is 6. The van der Waals surface area contributed by atoms with Crippen molar-refractivity contribution in [3.05, 3.63) is 24.8 Å². The lowest BCUT2D eigenvalue weighted by molar-refractivity contribution is 0.411. The van der Waals surface area contributed by atoms with Crippen LogP contribution in [0.25, 0.3) is 0 Å². The van der Waals surface area contributed by atoms with Gasteiger partial charge in [-0.15, -0.1) is 5.10 Å². The minimum atomic E-state index is 0.311. The number of aromatic amines is 1. The molecule has 18 heavy (non-hydrogen) atoms. The van der Waals surface area contributed by atoms with E-state index in [0.717, 1.165) is 18.5 Å². The molecule has 0 aliphatic rings. The van der Waals surface area contributed by atoms with Gasteiger partial charge in [-0.05, 0) is 62.5 Å². The number of methoxy groups -OCH3 is 1. The van der Waals surface area contributed by atoms with E-state index in [4.69, 9.17) is 4.74 Å². The van der Waals surface area contributed by atoms with Gasteiger partial charge in [-0.2, -0.15) is 10.3 Å². The standard InChI is InChI=1S/C9H8I2N6O/c1-18-8-5(2-6(10)3-7(8)11)4-12-13-9-14-16-17-15-9/h2-4H,1H3,(H2,13,14,15,16,17)/b12-4-. The summed E-state index contributed by atoms with van der Waals surface area (Å²) in [6, 6.07) is 4.01. The molecule has 2 rings (SSSR count). The van der Waals surface area contributed by atoms with Gasteiger partial charge in [0, 0.05) is 9.13 Å². The van der Waals surface area contributed by atoms with Crippen LogP contribution in [0.2, 0.25) is 0 Å². The topological polar surface area (TPSA) is 88.1 Å². The number of anilines is 1. The Morgan fingerprint density at radius 2 is 2.28 bits per heavy atom. The number of hydrogen-bond donors (Lipinski definition) is 2. The van der Waals surface area contributed by atoms with E-state index < -0.39 is 0 Å². The van der Waals surface area contributed by atoms with Crippen LogP contribution in [0.3, 0.4) is 0 Å². The summed E-state index contributed by atoms with van der Waals surface area (Å²) in [6.45, 7) is 0. The van der Waals surface area contributed by atoms with Crippen molar-refractivity contribution in [2.45, 2.75) is 0 Å². The van der Waals surface area contributed by atoms with Gasteiger partial charge in [-0.3, -0.25) is 0 Å². The van der Waals surface area contributed by atoms with E-state index in [-0.39, 0.29) is 0 Å². The maximum Gasteiger partial charge on any atom is 0.283 e. The molecule has 0 atom stereocenters. The van der Waals surface area contributed by atoms with E-state index in [0.29, 0.717) is 5.95 Å². The van der Waals surface area contributed by atoms with Gasteiger partial charge in [-0.25, -0.2) is 5.43 Å². The lowest BCUT2D eigenvalue weighted by Crippen LogP contribution is -1.97. The number of nitrogens with zero attached hydrogens (tertiary/aromatic N) is 4. The van der Waals surface area contributed by atoms with E-state index in [1.807, 2.05) is 12.1 Å². The first kappa shape index (κ1) is 13.5. The lowest BCUT2D eigenvalue weighted by Gasteiger charge is -2.07. The summed E-state index contributed by atoms with van der Waals surface area (Å²) in [6.07, 6.45) is 1.65. The van der Waals surface area contributed by atoms with Crippen molar-refractivity contribution in [1.82, 2.24) is 20.6 Å². The van der Waals surface area contributed by atoms with E-state index in [1.54, 1.807) is 13.3 Å². The minimum Gasteiger partial charge on any atom is -0.495 e. The molecule has 2 aromatic rings. The van der Waals surface area contributed by atoms with Crippen LogP contribution in [0.4, 0.5) is 5.95 Å². The zero-order valence-corrected chi connectivity index (χ0v) is 13.5. The first-order valence-electron chi connectivity index (χ1n) is 4.76. The molecule has 0 saturated carbocycles. The van der Waals surface area contributed by atoms with Gasteiger partial charge in [0.2, 0.25) is 0 Å². The van der Waals surface area contributed by atoms with E-state index >= 15 is 0 Å². The normalized spacial score (nSPS) is 10.8. The highest BCUT2D eigenvalue weighted by molar-refractivity contribution is 14.1. The smallest absolute Gasteiger partial charge is 0.283 e. The molecule has 0 spiro atoms.